The first kappa shape index (κ1) is 23.6. The van der Waals surface area contributed by atoms with Crippen molar-refractivity contribution in [3.05, 3.63) is 107 Å². The predicted octanol–water partition coefficient (Wildman–Crippen LogP) is 7.85. The first-order chi connectivity index (χ1) is 14.4. The second-order valence-electron chi connectivity index (χ2n) is 6.74. The molecule has 4 atom stereocenters. The van der Waals surface area contributed by atoms with Crippen molar-refractivity contribution in [2.24, 2.45) is 0 Å². The molecule has 0 amide bonds. The minimum absolute atomic E-state index is 0.0101. The molecule has 0 aliphatic rings. The van der Waals surface area contributed by atoms with Crippen molar-refractivity contribution in [1.82, 2.24) is 0 Å². The number of Topliss-reactive ketones (excluding diaryl/α,β-unsaturated/α-hetero) is 2. The lowest BCUT2D eigenvalue weighted by molar-refractivity contribution is 0.0983. The van der Waals surface area contributed by atoms with Gasteiger partial charge in [0, 0.05) is 11.1 Å². The summed E-state index contributed by atoms with van der Waals surface area (Å²) in [6.07, 6.45) is 0. The molecule has 0 saturated carbocycles. The van der Waals surface area contributed by atoms with E-state index in [1.165, 1.54) is 0 Å². The second kappa shape index (κ2) is 11.0. The summed E-state index contributed by atoms with van der Waals surface area (Å²) < 4.78 is 0. The van der Waals surface area contributed by atoms with Crippen LogP contribution in [0, 0.1) is 0 Å². The Labute approximate surface area is 210 Å². The van der Waals surface area contributed by atoms with Crippen LogP contribution < -0.4 is 0 Å². The molecule has 0 aliphatic carbocycles. The molecule has 0 spiro atoms. The summed E-state index contributed by atoms with van der Waals surface area (Å²) in [6, 6.07) is 26.3. The summed E-state index contributed by atoms with van der Waals surface area (Å²) in [5.74, 6) is 0.0202. The quantitative estimate of drug-likeness (QED) is 0.183. The van der Waals surface area contributed by atoms with Gasteiger partial charge in [-0.15, -0.1) is 0 Å². The van der Waals surface area contributed by atoms with Crippen LogP contribution in [0.2, 0.25) is 0 Å². The van der Waals surface area contributed by atoms with Gasteiger partial charge in [0.25, 0.3) is 0 Å². The maximum Gasteiger partial charge on any atom is 0.177 e. The van der Waals surface area contributed by atoms with E-state index in [9.17, 15) is 9.59 Å². The molecule has 30 heavy (non-hydrogen) atoms. The molecule has 2 nitrogen and oxygen atoms in total. The Morgan fingerprint density at radius 3 is 1.27 bits per heavy atom. The van der Waals surface area contributed by atoms with Crippen molar-refractivity contribution in [2.45, 2.75) is 19.3 Å². The molecule has 0 aliphatic heterocycles. The third-order valence-electron chi connectivity index (χ3n) is 4.68. The van der Waals surface area contributed by atoms with E-state index in [2.05, 4.69) is 63.7 Å². The highest BCUT2D eigenvalue weighted by molar-refractivity contribution is 9.12. The molecule has 3 aromatic carbocycles. The fourth-order valence-electron chi connectivity index (χ4n) is 3.03. The van der Waals surface area contributed by atoms with Gasteiger partial charge in [0.05, 0.1) is 19.3 Å². The number of halogens is 4. The van der Waals surface area contributed by atoms with Crippen molar-refractivity contribution in [1.29, 1.82) is 0 Å². The summed E-state index contributed by atoms with van der Waals surface area (Å²) in [5, 5.41) is 0. The Kier molecular flexibility index (Phi) is 8.63. The van der Waals surface area contributed by atoms with Gasteiger partial charge < -0.3 is 0 Å². The summed E-state index contributed by atoms with van der Waals surface area (Å²) in [4.78, 5) is 24.3. The molecule has 0 heterocycles. The van der Waals surface area contributed by atoms with E-state index in [-0.39, 0.29) is 21.2 Å². The van der Waals surface area contributed by atoms with Crippen LogP contribution in [0.4, 0.5) is 0 Å². The van der Waals surface area contributed by atoms with E-state index in [4.69, 9.17) is 0 Å². The third kappa shape index (κ3) is 5.58. The van der Waals surface area contributed by atoms with E-state index >= 15 is 0 Å². The van der Waals surface area contributed by atoms with E-state index in [0.29, 0.717) is 11.1 Å². The topological polar surface area (TPSA) is 34.1 Å². The van der Waals surface area contributed by atoms with Crippen LogP contribution in [-0.4, -0.2) is 21.2 Å². The number of carbonyl (C=O) groups is 2. The first-order valence-corrected chi connectivity index (χ1v) is 12.9. The predicted molar refractivity (Wildman–Crippen MR) is 137 cm³/mol. The zero-order chi connectivity index (χ0) is 21.7. The average Bonchev–Trinajstić information content (AvgIpc) is 2.82. The normalized spacial score (nSPS) is 15.1. The lowest BCUT2D eigenvalue weighted by Crippen LogP contribution is -2.20. The third-order valence-corrected chi connectivity index (χ3v) is 10.1. The van der Waals surface area contributed by atoms with Crippen LogP contribution in [-0.2, 0) is 0 Å². The highest BCUT2D eigenvalue weighted by Crippen LogP contribution is 2.38. The molecular weight excluding hydrogens is 640 g/mol. The molecule has 154 valence electrons. The minimum atomic E-state index is -0.422. The largest absolute Gasteiger partial charge is 0.293 e. The van der Waals surface area contributed by atoms with E-state index in [1.54, 1.807) is 0 Å². The molecule has 3 rings (SSSR count). The fourth-order valence-corrected chi connectivity index (χ4v) is 5.22. The van der Waals surface area contributed by atoms with Gasteiger partial charge in [-0.3, -0.25) is 9.59 Å². The van der Waals surface area contributed by atoms with Gasteiger partial charge in [0.1, 0.15) is 0 Å². The molecule has 4 unspecified atom stereocenters. The molecule has 0 N–H and O–H groups in total. The van der Waals surface area contributed by atoms with Crippen LogP contribution in [0.3, 0.4) is 0 Å². The minimum Gasteiger partial charge on any atom is -0.293 e. The van der Waals surface area contributed by atoms with Gasteiger partial charge in [-0.05, 0) is 11.1 Å². The van der Waals surface area contributed by atoms with E-state index in [0.717, 1.165) is 11.1 Å². The van der Waals surface area contributed by atoms with E-state index < -0.39 is 9.65 Å². The zero-order valence-electron chi connectivity index (χ0n) is 15.7. The zero-order valence-corrected chi connectivity index (χ0v) is 22.1. The van der Waals surface area contributed by atoms with Crippen LogP contribution in [0.15, 0.2) is 84.9 Å². The van der Waals surface area contributed by atoms with Crippen molar-refractivity contribution in [2.75, 3.05) is 0 Å². The van der Waals surface area contributed by atoms with Gasteiger partial charge in [-0.25, -0.2) is 0 Å². The van der Waals surface area contributed by atoms with Crippen molar-refractivity contribution < 1.29 is 9.59 Å². The number of benzene rings is 3. The lowest BCUT2D eigenvalue weighted by Gasteiger charge is -2.20. The summed E-state index contributed by atoms with van der Waals surface area (Å²) in [6.45, 7) is 0. The lowest BCUT2D eigenvalue weighted by atomic mass is 9.98. The van der Waals surface area contributed by atoms with Crippen LogP contribution in [0.25, 0.3) is 0 Å². The summed E-state index contributed by atoms with van der Waals surface area (Å²) in [7, 11) is 0. The summed E-state index contributed by atoms with van der Waals surface area (Å²) >= 11 is 14.5. The molecule has 0 bridgehead atoms. The maximum absolute atomic E-state index is 12.8. The van der Waals surface area contributed by atoms with E-state index in [1.807, 2.05) is 84.9 Å². The molecular formula is C24H18Br4O2. The summed E-state index contributed by atoms with van der Waals surface area (Å²) in [5.41, 5.74) is 3.23. The number of ketones is 2. The molecule has 0 aromatic heterocycles. The average molecular weight is 658 g/mol. The smallest absolute Gasteiger partial charge is 0.177 e. The number of hydrogen-bond donors (Lipinski definition) is 0. The van der Waals surface area contributed by atoms with Crippen molar-refractivity contribution in [3.8, 4) is 0 Å². The first-order valence-electron chi connectivity index (χ1n) is 9.25. The van der Waals surface area contributed by atoms with Gasteiger partial charge >= 0.3 is 0 Å². The second-order valence-corrected chi connectivity index (χ2v) is 10.7. The Balaban J connectivity index is 1.78. The Morgan fingerprint density at radius 2 is 0.900 bits per heavy atom. The number of hydrogen-bond acceptors (Lipinski definition) is 2. The van der Waals surface area contributed by atoms with Crippen molar-refractivity contribution >= 4 is 75.3 Å². The molecule has 3 aromatic rings. The fraction of sp³-hybridized carbons (Fsp3) is 0.167. The Bertz CT molecular complexity index is 929. The van der Waals surface area contributed by atoms with Crippen LogP contribution in [0.1, 0.15) is 41.5 Å². The van der Waals surface area contributed by atoms with Crippen molar-refractivity contribution in [3.63, 3.8) is 0 Å². The van der Waals surface area contributed by atoms with Gasteiger partial charge in [-0.2, -0.15) is 0 Å². The monoisotopic (exact) mass is 654 g/mol. The highest BCUT2D eigenvalue weighted by Gasteiger charge is 2.29. The standard InChI is InChI=1S/C24H18Br4O2/c25-19(21(27)23(29)15-8-3-1-4-9-15)17-12-7-13-18(14-17)20(26)22(28)24(30)16-10-5-2-6-11-16/h1-14,19-22H. The molecule has 0 radical (unpaired) electrons. The highest BCUT2D eigenvalue weighted by atomic mass is 79.9. The van der Waals surface area contributed by atoms with Crippen LogP contribution in [0.5, 0.6) is 0 Å². The van der Waals surface area contributed by atoms with Gasteiger partial charge in [0.15, 0.2) is 11.6 Å². The van der Waals surface area contributed by atoms with Crippen LogP contribution >= 0.6 is 63.7 Å². The molecule has 6 heteroatoms. The number of rotatable bonds is 8. The van der Waals surface area contributed by atoms with Gasteiger partial charge in [0.2, 0.25) is 0 Å². The molecule has 0 fully saturated rings. The number of alkyl halides is 4. The Morgan fingerprint density at radius 1 is 0.533 bits per heavy atom. The molecule has 0 saturated heterocycles. The van der Waals surface area contributed by atoms with Gasteiger partial charge in [-0.1, -0.05) is 149 Å². The SMILES string of the molecule is O=C(c1ccccc1)C(Br)C(Br)c1cccc(C(Br)C(Br)C(=O)c2ccccc2)c1. The Hall–Kier alpha value is -1.08. The number of carbonyl (C=O) groups excluding carboxylic acids is 2. The maximum atomic E-state index is 12.8.